The Balaban J connectivity index is 1.94. The van der Waals surface area contributed by atoms with Crippen LogP contribution in [0.3, 0.4) is 0 Å². The molecule has 8 heteroatoms. The molecule has 1 aliphatic carbocycles. The van der Waals surface area contributed by atoms with Crippen LogP contribution in [-0.4, -0.2) is 52.5 Å². The average molecular weight is 265 g/mol. The fraction of sp³-hybridized carbons (Fsp3) is 0.545. The quantitative estimate of drug-likeness (QED) is 0.464. The summed E-state index contributed by atoms with van der Waals surface area (Å²) < 4.78 is 0. The van der Waals surface area contributed by atoms with Crippen molar-refractivity contribution >= 4 is 29.7 Å². The summed E-state index contributed by atoms with van der Waals surface area (Å²) in [4.78, 5) is 60.6. The molecule has 0 bridgehead atoms. The van der Waals surface area contributed by atoms with Gasteiger partial charge < -0.3 is 0 Å². The monoisotopic (exact) mass is 265 g/mol. The van der Waals surface area contributed by atoms with Gasteiger partial charge in [-0.3, -0.25) is 29.4 Å². The Bertz CT molecular complexity index is 551. The van der Waals surface area contributed by atoms with Gasteiger partial charge in [0.25, 0.3) is 5.91 Å². The van der Waals surface area contributed by atoms with Crippen molar-refractivity contribution in [2.45, 2.75) is 25.3 Å². The summed E-state index contributed by atoms with van der Waals surface area (Å²) in [5.41, 5.74) is -1.20. The lowest BCUT2D eigenvalue weighted by Crippen LogP contribution is -2.63. The summed E-state index contributed by atoms with van der Waals surface area (Å²) in [5.74, 6) is -2.32. The first-order valence-electron chi connectivity index (χ1n) is 5.88. The van der Waals surface area contributed by atoms with Crippen molar-refractivity contribution in [2.24, 2.45) is 5.41 Å². The van der Waals surface area contributed by atoms with E-state index in [1.54, 1.807) is 0 Å². The number of carbonyl (C=O) groups excluding carboxylic acids is 5. The number of nitrogens with zero attached hydrogens (tertiary/aromatic N) is 2. The van der Waals surface area contributed by atoms with Gasteiger partial charge in [0, 0.05) is 7.05 Å². The highest BCUT2D eigenvalue weighted by Gasteiger charge is 2.64. The molecule has 2 saturated heterocycles. The van der Waals surface area contributed by atoms with Crippen LogP contribution in [0.15, 0.2) is 0 Å². The maximum absolute atomic E-state index is 12.2. The van der Waals surface area contributed by atoms with Crippen LogP contribution in [0.2, 0.25) is 0 Å². The molecule has 1 spiro atoms. The van der Waals surface area contributed by atoms with Crippen molar-refractivity contribution in [3.63, 3.8) is 0 Å². The van der Waals surface area contributed by atoms with Gasteiger partial charge in [0.15, 0.2) is 0 Å². The van der Waals surface area contributed by atoms with Crippen LogP contribution in [0.4, 0.5) is 4.79 Å². The minimum atomic E-state index is -1.20. The number of urea groups is 1. The Hall–Kier alpha value is -2.25. The zero-order valence-corrected chi connectivity index (χ0v) is 10.1. The second-order valence-corrected chi connectivity index (χ2v) is 5.03. The third-order valence-corrected chi connectivity index (χ3v) is 3.92. The van der Waals surface area contributed by atoms with Crippen molar-refractivity contribution in [1.29, 1.82) is 0 Å². The molecule has 0 radical (unpaired) electrons. The van der Waals surface area contributed by atoms with E-state index in [4.69, 9.17) is 0 Å². The predicted molar refractivity (Wildman–Crippen MR) is 58.2 cm³/mol. The van der Waals surface area contributed by atoms with Gasteiger partial charge in [-0.2, -0.15) is 0 Å². The highest BCUT2D eigenvalue weighted by atomic mass is 16.2. The second kappa shape index (κ2) is 3.40. The molecule has 1 unspecified atom stereocenters. The third-order valence-electron chi connectivity index (χ3n) is 3.92. The molecule has 1 N–H and O–H groups in total. The summed E-state index contributed by atoms with van der Waals surface area (Å²) in [7, 11) is 1.30. The molecule has 2 heterocycles. The van der Waals surface area contributed by atoms with E-state index in [9.17, 15) is 24.0 Å². The van der Waals surface area contributed by atoms with Gasteiger partial charge in [-0.05, 0) is 12.8 Å². The maximum Gasteiger partial charge on any atom is 0.331 e. The van der Waals surface area contributed by atoms with Crippen molar-refractivity contribution in [3.8, 4) is 0 Å². The zero-order chi connectivity index (χ0) is 13.9. The smallest absolute Gasteiger partial charge is 0.284 e. The fourth-order valence-corrected chi connectivity index (χ4v) is 2.48. The van der Waals surface area contributed by atoms with E-state index in [-0.39, 0.29) is 6.42 Å². The molecular weight excluding hydrogens is 254 g/mol. The molecule has 1 atom stereocenters. The Morgan fingerprint density at radius 2 is 1.79 bits per heavy atom. The number of likely N-dealkylation sites (tertiary alicyclic amines) is 1. The standard InChI is InChI=1S/C11H11N3O5/c1-13-6(15)4-5(7(13)16)14-9(18)11(2-3-11)8(17)12-10(14)19/h5H,2-4H2,1H3,(H,12,17,19). The SMILES string of the molecule is CN1C(=O)CC(N2C(=O)NC(=O)C3(CC3)C2=O)C1=O. The Kier molecular flexibility index (Phi) is 2.11. The van der Waals surface area contributed by atoms with Gasteiger partial charge in [-0.15, -0.1) is 0 Å². The summed E-state index contributed by atoms with van der Waals surface area (Å²) in [5, 5.41) is 2.08. The molecule has 2 aliphatic heterocycles. The Morgan fingerprint density at radius 1 is 1.16 bits per heavy atom. The molecule has 3 fully saturated rings. The van der Waals surface area contributed by atoms with Crippen LogP contribution in [0, 0.1) is 5.41 Å². The lowest BCUT2D eigenvalue weighted by Gasteiger charge is -2.32. The van der Waals surface area contributed by atoms with Crippen LogP contribution in [0.1, 0.15) is 19.3 Å². The lowest BCUT2D eigenvalue weighted by molar-refractivity contribution is -0.149. The van der Waals surface area contributed by atoms with Crippen LogP contribution >= 0.6 is 0 Å². The molecule has 3 rings (SSSR count). The van der Waals surface area contributed by atoms with Gasteiger partial charge in [0.05, 0.1) is 6.42 Å². The number of carbonyl (C=O) groups is 5. The van der Waals surface area contributed by atoms with E-state index in [0.717, 1.165) is 9.80 Å². The van der Waals surface area contributed by atoms with E-state index in [0.29, 0.717) is 12.8 Å². The first-order chi connectivity index (χ1) is 8.88. The molecule has 1 saturated carbocycles. The van der Waals surface area contributed by atoms with Gasteiger partial charge >= 0.3 is 6.03 Å². The van der Waals surface area contributed by atoms with Crippen molar-refractivity contribution in [3.05, 3.63) is 0 Å². The molecule has 19 heavy (non-hydrogen) atoms. The molecule has 6 amide bonds. The second-order valence-electron chi connectivity index (χ2n) is 5.03. The molecule has 0 aromatic heterocycles. The first kappa shape index (κ1) is 11.8. The molecule has 100 valence electrons. The number of hydrogen-bond acceptors (Lipinski definition) is 5. The summed E-state index contributed by atoms with van der Waals surface area (Å²) in [6.07, 6.45) is 0.511. The van der Waals surface area contributed by atoms with E-state index in [2.05, 4.69) is 5.32 Å². The number of rotatable bonds is 1. The van der Waals surface area contributed by atoms with Crippen LogP contribution < -0.4 is 5.32 Å². The summed E-state index contributed by atoms with van der Waals surface area (Å²) in [6.45, 7) is 0. The van der Waals surface area contributed by atoms with Gasteiger partial charge in [0.1, 0.15) is 11.5 Å². The minimum Gasteiger partial charge on any atom is -0.284 e. The molecule has 0 aromatic carbocycles. The molecule has 8 nitrogen and oxygen atoms in total. The topological polar surface area (TPSA) is 104 Å². The van der Waals surface area contributed by atoms with Crippen LogP contribution in [0.5, 0.6) is 0 Å². The number of imide groups is 3. The van der Waals surface area contributed by atoms with Crippen molar-refractivity contribution < 1.29 is 24.0 Å². The average Bonchev–Trinajstić information content (AvgIpc) is 3.11. The van der Waals surface area contributed by atoms with Gasteiger partial charge in [0.2, 0.25) is 17.7 Å². The number of barbiturate groups is 1. The van der Waals surface area contributed by atoms with Gasteiger partial charge in [-0.25, -0.2) is 9.69 Å². The van der Waals surface area contributed by atoms with Crippen LogP contribution in [-0.2, 0) is 19.2 Å². The number of hydrogen-bond donors (Lipinski definition) is 1. The van der Waals surface area contributed by atoms with Crippen molar-refractivity contribution in [1.82, 2.24) is 15.1 Å². The van der Waals surface area contributed by atoms with Crippen molar-refractivity contribution in [2.75, 3.05) is 7.05 Å². The van der Waals surface area contributed by atoms with E-state index in [1.165, 1.54) is 7.05 Å². The maximum atomic E-state index is 12.2. The largest absolute Gasteiger partial charge is 0.331 e. The lowest BCUT2D eigenvalue weighted by atomic mass is 10.00. The Morgan fingerprint density at radius 3 is 2.26 bits per heavy atom. The highest BCUT2D eigenvalue weighted by molar-refractivity contribution is 6.23. The molecular formula is C11H11N3O5. The number of nitrogens with one attached hydrogen (secondary N) is 1. The summed E-state index contributed by atoms with van der Waals surface area (Å²) in [6, 6.07) is -2.05. The number of amides is 6. The van der Waals surface area contributed by atoms with E-state index >= 15 is 0 Å². The first-order valence-corrected chi connectivity index (χ1v) is 5.88. The normalized spacial score (nSPS) is 29.3. The number of likely N-dealkylation sites (N-methyl/N-ethyl adjacent to an activating group) is 1. The van der Waals surface area contributed by atoms with E-state index < -0.39 is 41.1 Å². The highest BCUT2D eigenvalue weighted by Crippen LogP contribution is 2.49. The predicted octanol–water partition coefficient (Wildman–Crippen LogP) is -1.40. The minimum absolute atomic E-state index is 0.223. The fourth-order valence-electron chi connectivity index (χ4n) is 2.48. The van der Waals surface area contributed by atoms with Gasteiger partial charge in [-0.1, -0.05) is 0 Å². The Labute approximate surface area is 107 Å². The molecule has 0 aromatic rings. The molecule has 3 aliphatic rings. The third kappa shape index (κ3) is 1.36. The van der Waals surface area contributed by atoms with Crippen LogP contribution in [0.25, 0.3) is 0 Å². The zero-order valence-electron chi connectivity index (χ0n) is 10.1. The van der Waals surface area contributed by atoms with E-state index in [1.807, 2.05) is 0 Å². The summed E-state index contributed by atoms with van der Waals surface area (Å²) >= 11 is 0.